The molecular weight excluding hydrogens is 340 g/mol. The molecule has 2 amide bonds. The van der Waals surface area contributed by atoms with Crippen LogP contribution in [0.3, 0.4) is 0 Å². The molecular formula is C15H14BrClN2O. The van der Waals surface area contributed by atoms with Crippen LogP contribution in [0.4, 0.5) is 10.5 Å². The van der Waals surface area contributed by atoms with Crippen molar-refractivity contribution < 1.29 is 4.79 Å². The molecule has 0 radical (unpaired) electrons. The van der Waals surface area contributed by atoms with E-state index in [4.69, 9.17) is 11.6 Å². The summed E-state index contributed by atoms with van der Waals surface area (Å²) in [5.41, 5.74) is 1.85. The highest BCUT2D eigenvalue weighted by Gasteiger charge is 2.02. The molecule has 0 unspecified atom stereocenters. The van der Waals surface area contributed by atoms with Gasteiger partial charge in [-0.2, -0.15) is 0 Å². The van der Waals surface area contributed by atoms with Crippen LogP contribution in [0.5, 0.6) is 0 Å². The molecule has 0 spiro atoms. The van der Waals surface area contributed by atoms with Gasteiger partial charge in [-0.15, -0.1) is 0 Å². The molecule has 2 rings (SSSR count). The molecule has 5 heteroatoms. The zero-order chi connectivity index (χ0) is 14.4. The Bertz CT molecular complexity index is 604. The summed E-state index contributed by atoms with van der Waals surface area (Å²) in [5.74, 6) is 0. The fourth-order valence-corrected chi connectivity index (χ4v) is 2.37. The minimum absolute atomic E-state index is 0.217. The van der Waals surface area contributed by atoms with Gasteiger partial charge < -0.3 is 10.6 Å². The van der Waals surface area contributed by atoms with Crippen LogP contribution in [0, 0.1) is 0 Å². The number of carbonyl (C=O) groups is 1. The van der Waals surface area contributed by atoms with Crippen molar-refractivity contribution in [3.8, 4) is 0 Å². The quantitative estimate of drug-likeness (QED) is 0.837. The SMILES string of the molecule is O=C(NCCc1cccc(Cl)c1)Nc1cccc(Br)c1. The van der Waals surface area contributed by atoms with Gasteiger partial charge in [0.1, 0.15) is 0 Å². The van der Waals surface area contributed by atoms with Crippen LogP contribution >= 0.6 is 27.5 Å². The lowest BCUT2D eigenvalue weighted by atomic mass is 10.1. The van der Waals surface area contributed by atoms with Crippen molar-refractivity contribution in [1.29, 1.82) is 0 Å². The van der Waals surface area contributed by atoms with Crippen LogP contribution in [0.25, 0.3) is 0 Å². The highest BCUT2D eigenvalue weighted by atomic mass is 79.9. The summed E-state index contributed by atoms with van der Waals surface area (Å²) in [6.07, 6.45) is 0.743. The second-order valence-electron chi connectivity index (χ2n) is 4.27. The average Bonchev–Trinajstić information content (AvgIpc) is 2.38. The van der Waals surface area contributed by atoms with Gasteiger partial charge in [0.25, 0.3) is 0 Å². The Morgan fingerprint density at radius 1 is 1.15 bits per heavy atom. The molecule has 0 atom stereocenters. The first kappa shape index (κ1) is 14.9. The van der Waals surface area contributed by atoms with Crippen molar-refractivity contribution in [3.05, 3.63) is 63.6 Å². The van der Waals surface area contributed by atoms with E-state index in [9.17, 15) is 4.79 Å². The molecule has 2 aromatic rings. The Balaban J connectivity index is 1.78. The molecule has 0 aromatic heterocycles. The van der Waals surface area contributed by atoms with Crippen LogP contribution in [0.1, 0.15) is 5.56 Å². The highest BCUT2D eigenvalue weighted by Crippen LogP contribution is 2.15. The molecule has 20 heavy (non-hydrogen) atoms. The molecule has 0 heterocycles. The predicted molar refractivity (Wildman–Crippen MR) is 86.3 cm³/mol. The second-order valence-corrected chi connectivity index (χ2v) is 5.62. The number of benzene rings is 2. The lowest BCUT2D eigenvalue weighted by Gasteiger charge is -2.08. The fraction of sp³-hybridized carbons (Fsp3) is 0.133. The first-order chi connectivity index (χ1) is 9.63. The molecule has 0 bridgehead atoms. The largest absolute Gasteiger partial charge is 0.338 e. The zero-order valence-corrected chi connectivity index (χ0v) is 13.0. The number of amides is 2. The number of carbonyl (C=O) groups excluding carboxylic acids is 1. The number of anilines is 1. The van der Waals surface area contributed by atoms with Crippen molar-refractivity contribution in [3.63, 3.8) is 0 Å². The van der Waals surface area contributed by atoms with E-state index in [1.165, 1.54) is 0 Å². The molecule has 0 saturated heterocycles. The van der Waals surface area contributed by atoms with Crippen molar-refractivity contribution in [2.45, 2.75) is 6.42 Å². The summed E-state index contributed by atoms with van der Waals surface area (Å²) in [4.78, 5) is 11.7. The predicted octanol–water partition coefficient (Wildman–Crippen LogP) is 4.47. The Hall–Kier alpha value is -1.52. The van der Waals surface area contributed by atoms with Gasteiger partial charge in [0, 0.05) is 21.7 Å². The summed E-state index contributed by atoms with van der Waals surface area (Å²) >= 11 is 9.26. The third-order valence-corrected chi connectivity index (χ3v) is 3.40. The van der Waals surface area contributed by atoms with Crippen molar-refractivity contribution in [1.82, 2.24) is 5.32 Å². The van der Waals surface area contributed by atoms with E-state index in [1.54, 1.807) is 0 Å². The summed E-state index contributed by atoms with van der Waals surface area (Å²) in [7, 11) is 0. The van der Waals surface area contributed by atoms with Gasteiger partial charge in [-0.1, -0.05) is 45.7 Å². The number of nitrogens with one attached hydrogen (secondary N) is 2. The molecule has 3 nitrogen and oxygen atoms in total. The normalized spacial score (nSPS) is 10.1. The lowest BCUT2D eigenvalue weighted by molar-refractivity contribution is 0.252. The van der Waals surface area contributed by atoms with E-state index < -0.39 is 0 Å². The Morgan fingerprint density at radius 2 is 1.95 bits per heavy atom. The number of rotatable bonds is 4. The van der Waals surface area contributed by atoms with Crippen LogP contribution < -0.4 is 10.6 Å². The monoisotopic (exact) mass is 352 g/mol. The summed E-state index contributed by atoms with van der Waals surface area (Å²) < 4.78 is 0.925. The Morgan fingerprint density at radius 3 is 2.70 bits per heavy atom. The molecule has 0 aliphatic carbocycles. The number of hydrogen-bond acceptors (Lipinski definition) is 1. The second kappa shape index (κ2) is 7.31. The molecule has 0 fully saturated rings. The van der Waals surface area contributed by atoms with E-state index in [0.29, 0.717) is 11.6 Å². The number of halogens is 2. The molecule has 0 aliphatic heterocycles. The maximum Gasteiger partial charge on any atom is 0.319 e. The molecule has 2 N–H and O–H groups in total. The van der Waals surface area contributed by atoms with Gasteiger partial charge in [-0.25, -0.2) is 4.79 Å². The summed E-state index contributed by atoms with van der Waals surface area (Å²) in [6, 6.07) is 14.9. The van der Waals surface area contributed by atoms with Crippen molar-refractivity contribution in [2.75, 3.05) is 11.9 Å². The van der Waals surface area contributed by atoms with Crippen LogP contribution in [0.15, 0.2) is 53.0 Å². The minimum atomic E-state index is -0.217. The van der Waals surface area contributed by atoms with Gasteiger partial charge in [-0.05, 0) is 42.3 Å². The van der Waals surface area contributed by atoms with E-state index in [1.807, 2.05) is 48.5 Å². The fourth-order valence-electron chi connectivity index (χ4n) is 1.75. The number of hydrogen-bond donors (Lipinski definition) is 2. The van der Waals surface area contributed by atoms with E-state index >= 15 is 0 Å². The van der Waals surface area contributed by atoms with E-state index in [-0.39, 0.29) is 6.03 Å². The first-order valence-electron chi connectivity index (χ1n) is 6.18. The Kier molecular flexibility index (Phi) is 5.44. The van der Waals surface area contributed by atoms with Crippen molar-refractivity contribution in [2.24, 2.45) is 0 Å². The Labute approximate surface area is 131 Å². The molecule has 0 saturated carbocycles. The third kappa shape index (κ3) is 4.87. The maximum atomic E-state index is 11.7. The number of urea groups is 1. The maximum absolute atomic E-state index is 11.7. The van der Waals surface area contributed by atoms with Gasteiger partial charge in [0.15, 0.2) is 0 Å². The van der Waals surface area contributed by atoms with Gasteiger partial charge in [-0.3, -0.25) is 0 Å². The van der Waals surface area contributed by atoms with Gasteiger partial charge >= 0.3 is 6.03 Å². The van der Waals surface area contributed by atoms with Crippen molar-refractivity contribution >= 4 is 39.2 Å². The summed E-state index contributed by atoms with van der Waals surface area (Å²) in [5, 5.41) is 6.29. The summed E-state index contributed by atoms with van der Waals surface area (Å²) in [6.45, 7) is 0.556. The highest BCUT2D eigenvalue weighted by molar-refractivity contribution is 9.10. The first-order valence-corrected chi connectivity index (χ1v) is 7.35. The smallest absolute Gasteiger partial charge is 0.319 e. The van der Waals surface area contributed by atoms with Crippen LogP contribution in [-0.2, 0) is 6.42 Å². The third-order valence-electron chi connectivity index (χ3n) is 2.67. The molecule has 2 aromatic carbocycles. The average molecular weight is 354 g/mol. The van der Waals surface area contributed by atoms with Crippen LogP contribution in [-0.4, -0.2) is 12.6 Å². The van der Waals surface area contributed by atoms with Gasteiger partial charge in [0.05, 0.1) is 0 Å². The molecule has 0 aliphatic rings. The van der Waals surface area contributed by atoms with E-state index in [2.05, 4.69) is 26.6 Å². The molecule has 104 valence electrons. The lowest BCUT2D eigenvalue weighted by Crippen LogP contribution is -2.30. The minimum Gasteiger partial charge on any atom is -0.338 e. The van der Waals surface area contributed by atoms with E-state index in [0.717, 1.165) is 22.1 Å². The zero-order valence-electron chi connectivity index (χ0n) is 10.7. The van der Waals surface area contributed by atoms with Gasteiger partial charge in [0.2, 0.25) is 0 Å². The topological polar surface area (TPSA) is 41.1 Å². The van der Waals surface area contributed by atoms with Crippen LogP contribution in [0.2, 0.25) is 5.02 Å². The standard InChI is InChI=1S/C15H14BrClN2O/c16-12-4-2-6-14(10-12)19-15(20)18-8-7-11-3-1-5-13(17)9-11/h1-6,9-10H,7-8H2,(H2,18,19,20).